The SMILES string of the molecule is CC[C@H](C)CCCCCCCCC[C@H](O)CO. The Morgan fingerprint density at radius 1 is 0.824 bits per heavy atom. The van der Waals surface area contributed by atoms with E-state index >= 15 is 0 Å². The molecule has 0 saturated heterocycles. The second-order valence-corrected chi connectivity index (χ2v) is 5.40. The van der Waals surface area contributed by atoms with Crippen LogP contribution >= 0.6 is 0 Å². The van der Waals surface area contributed by atoms with Crippen LogP contribution in [-0.2, 0) is 0 Å². The second-order valence-electron chi connectivity index (χ2n) is 5.40. The number of hydrogen-bond acceptors (Lipinski definition) is 2. The Morgan fingerprint density at radius 2 is 1.29 bits per heavy atom. The quantitative estimate of drug-likeness (QED) is 0.511. The molecule has 0 bridgehead atoms. The van der Waals surface area contributed by atoms with Gasteiger partial charge < -0.3 is 10.2 Å². The second kappa shape index (κ2) is 12.4. The predicted molar refractivity (Wildman–Crippen MR) is 74.1 cm³/mol. The summed E-state index contributed by atoms with van der Waals surface area (Å²) in [6.45, 7) is 4.52. The van der Waals surface area contributed by atoms with E-state index in [2.05, 4.69) is 13.8 Å². The van der Waals surface area contributed by atoms with Gasteiger partial charge in [0.15, 0.2) is 0 Å². The fourth-order valence-electron chi connectivity index (χ4n) is 2.05. The summed E-state index contributed by atoms with van der Waals surface area (Å²) in [7, 11) is 0. The predicted octanol–water partition coefficient (Wildman–Crippen LogP) is 3.90. The molecular weight excluding hydrogens is 212 g/mol. The van der Waals surface area contributed by atoms with Gasteiger partial charge in [0.2, 0.25) is 0 Å². The number of hydrogen-bond donors (Lipinski definition) is 2. The smallest absolute Gasteiger partial charge is 0.0770 e. The lowest BCUT2D eigenvalue weighted by Crippen LogP contribution is -2.10. The van der Waals surface area contributed by atoms with Crippen molar-refractivity contribution in [3.8, 4) is 0 Å². The molecular formula is C15H32O2. The van der Waals surface area contributed by atoms with E-state index in [9.17, 15) is 0 Å². The van der Waals surface area contributed by atoms with Crippen molar-refractivity contribution in [2.75, 3.05) is 6.61 Å². The van der Waals surface area contributed by atoms with Gasteiger partial charge in [0.05, 0.1) is 12.7 Å². The van der Waals surface area contributed by atoms with E-state index in [1.807, 2.05) is 0 Å². The average molecular weight is 244 g/mol. The molecule has 0 rings (SSSR count). The monoisotopic (exact) mass is 244 g/mol. The van der Waals surface area contributed by atoms with E-state index in [1.165, 1.54) is 51.4 Å². The lowest BCUT2D eigenvalue weighted by Gasteiger charge is -2.08. The maximum atomic E-state index is 9.16. The van der Waals surface area contributed by atoms with Crippen molar-refractivity contribution in [2.45, 2.75) is 84.2 Å². The Kier molecular flexibility index (Phi) is 12.3. The summed E-state index contributed by atoms with van der Waals surface area (Å²) >= 11 is 0. The summed E-state index contributed by atoms with van der Waals surface area (Å²) in [4.78, 5) is 0. The molecule has 0 spiro atoms. The molecule has 17 heavy (non-hydrogen) atoms. The summed E-state index contributed by atoms with van der Waals surface area (Å²) in [6.07, 6.45) is 11.9. The molecule has 0 fully saturated rings. The molecule has 0 aliphatic rings. The topological polar surface area (TPSA) is 40.5 Å². The van der Waals surface area contributed by atoms with E-state index in [0.29, 0.717) is 0 Å². The van der Waals surface area contributed by atoms with Gasteiger partial charge in [-0.15, -0.1) is 0 Å². The average Bonchev–Trinajstić information content (AvgIpc) is 2.35. The molecule has 0 aliphatic heterocycles. The van der Waals surface area contributed by atoms with Crippen LogP contribution in [0, 0.1) is 5.92 Å². The molecule has 0 aliphatic carbocycles. The Hall–Kier alpha value is -0.0800. The fourth-order valence-corrected chi connectivity index (χ4v) is 2.05. The summed E-state index contributed by atoms with van der Waals surface area (Å²) in [5.74, 6) is 0.898. The third-order valence-corrected chi connectivity index (χ3v) is 3.64. The van der Waals surface area contributed by atoms with Crippen molar-refractivity contribution in [1.29, 1.82) is 0 Å². The summed E-state index contributed by atoms with van der Waals surface area (Å²) in [5.41, 5.74) is 0. The fraction of sp³-hybridized carbons (Fsp3) is 1.00. The van der Waals surface area contributed by atoms with Gasteiger partial charge in [-0.1, -0.05) is 71.6 Å². The highest BCUT2D eigenvalue weighted by atomic mass is 16.3. The van der Waals surface area contributed by atoms with E-state index in [0.717, 1.165) is 18.8 Å². The Labute approximate surface area is 107 Å². The lowest BCUT2D eigenvalue weighted by atomic mass is 9.99. The van der Waals surface area contributed by atoms with Gasteiger partial charge in [-0.25, -0.2) is 0 Å². The van der Waals surface area contributed by atoms with Gasteiger partial charge in [0.25, 0.3) is 0 Å². The van der Waals surface area contributed by atoms with Gasteiger partial charge in [0.1, 0.15) is 0 Å². The zero-order valence-corrected chi connectivity index (χ0v) is 11.8. The third kappa shape index (κ3) is 12.2. The molecule has 0 heterocycles. The number of aliphatic hydroxyl groups excluding tert-OH is 2. The zero-order chi connectivity index (χ0) is 12.9. The number of aliphatic hydroxyl groups is 2. The molecule has 2 nitrogen and oxygen atoms in total. The minimum Gasteiger partial charge on any atom is -0.394 e. The van der Waals surface area contributed by atoms with Crippen molar-refractivity contribution in [3.05, 3.63) is 0 Å². The van der Waals surface area contributed by atoms with Gasteiger partial charge in [-0.05, 0) is 12.3 Å². The number of rotatable bonds is 12. The van der Waals surface area contributed by atoms with Crippen LogP contribution in [0.4, 0.5) is 0 Å². The summed E-state index contributed by atoms with van der Waals surface area (Å²) < 4.78 is 0. The first-order valence-corrected chi connectivity index (χ1v) is 7.49. The van der Waals surface area contributed by atoms with Gasteiger partial charge >= 0.3 is 0 Å². The zero-order valence-electron chi connectivity index (χ0n) is 11.8. The molecule has 2 N–H and O–H groups in total. The van der Waals surface area contributed by atoms with Crippen molar-refractivity contribution >= 4 is 0 Å². The van der Waals surface area contributed by atoms with Crippen molar-refractivity contribution in [2.24, 2.45) is 5.92 Å². The largest absolute Gasteiger partial charge is 0.394 e. The molecule has 0 aromatic heterocycles. The minimum atomic E-state index is -0.495. The van der Waals surface area contributed by atoms with Gasteiger partial charge in [-0.3, -0.25) is 0 Å². The minimum absolute atomic E-state index is 0.0877. The third-order valence-electron chi connectivity index (χ3n) is 3.64. The normalized spacial score (nSPS) is 14.8. The Bertz CT molecular complexity index is 132. The highest BCUT2D eigenvalue weighted by Gasteiger charge is 2.01. The van der Waals surface area contributed by atoms with Crippen LogP contribution in [-0.4, -0.2) is 22.9 Å². The van der Waals surface area contributed by atoms with Crippen molar-refractivity contribution in [3.63, 3.8) is 0 Å². The van der Waals surface area contributed by atoms with Crippen LogP contribution < -0.4 is 0 Å². The first-order valence-electron chi connectivity index (χ1n) is 7.49. The van der Waals surface area contributed by atoms with E-state index in [-0.39, 0.29) is 6.61 Å². The molecule has 2 heteroatoms. The summed E-state index contributed by atoms with van der Waals surface area (Å²) in [6, 6.07) is 0. The van der Waals surface area contributed by atoms with Crippen LogP contribution in [0.15, 0.2) is 0 Å². The molecule has 0 aromatic carbocycles. The maximum Gasteiger partial charge on any atom is 0.0770 e. The maximum absolute atomic E-state index is 9.16. The van der Waals surface area contributed by atoms with Crippen molar-refractivity contribution < 1.29 is 10.2 Å². The Balaban J connectivity index is 3.04. The standard InChI is InChI=1S/C15H32O2/c1-3-14(2)11-9-7-5-4-6-8-10-12-15(17)13-16/h14-17H,3-13H2,1-2H3/t14-,15-/m0/s1. The highest BCUT2D eigenvalue weighted by Crippen LogP contribution is 2.14. The molecule has 0 radical (unpaired) electrons. The van der Waals surface area contributed by atoms with E-state index < -0.39 is 6.10 Å². The first kappa shape index (κ1) is 16.9. The molecule has 2 atom stereocenters. The molecule has 0 aromatic rings. The lowest BCUT2D eigenvalue weighted by molar-refractivity contribution is 0.0860. The first-order chi connectivity index (χ1) is 8.20. The van der Waals surface area contributed by atoms with Crippen LogP contribution in [0.1, 0.15) is 78.1 Å². The molecule has 104 valence electrons. The van der Waals surface area contributed by atoms with Crippen LogP contribution in [0.5, 0.6) is 0 Å². The highest BCUT2D eigenvalue weighted by molar-refractivity contribution is 4.54. The molecule has 0 unspecified atom stereocenters. The van der Waals surface area contributed by atoms with E-state index in [1.54, 1.807) is 0 Å². The van der Waals surface area contributed by atoms with E-state index in [4.69, 9.17) is 10.2 Å². The van der Waals surface area contributed by atoms with Gasteiger partial charge in [0, 0.05) is 0 Å². The molecule has 0 saturated carbocycles. The van der Waals surface area contributed by atoms with Crippen LogP contribution in [0.3, 0.4) is 0 Å². The van der Waals surface area contributed by atoms with Crippen LogP contribution in [0.25, 0.3) is 0 Å². The summed E-state index contributed by atoms with van der Waals surface area (Å²) in [5, 5.41) is 17.8. The van der Waals surface area contributed by atoms with Crippen molar-refractivity contribution in [1.82, 2.24) is 0 Å². The van der Waals surface area contributed by atoms with Gasteiger partial charge in [-0.2, -0.15) is 0 Å². The Morgan fingerprint density at radius 3 is 1.76 bits per heavy atom. The van der Waals surface area contributed by atoms with Crippen LogP contribution in [0.2, 0.25) is 0 Å². The number of unbranched alkanes of at least 4 members (excludes halogenated alkanes) is 6. The molecule has 0 amide bonds.